The van der Waals surface area contributed by atoms with Gasteiger partial charge in [-0.2, -0.15) is 0 Å². The van der Waals surface area contributed by atoms with E-state index in [1.807, 2.05) is 0 Å². The summed E-state index contributed by atoms with van der Waals surface area (Å²) in [5, 5.41) is 2.85. The number of imide groups is 1. The Kier molecular flexibility index (Phi) is 4.37. The second-order valence-corrected chi connectivity index (χ2v) is 8.51. The van der Waals surface area contributed by atoms with Crippen LogP contribution in [0.1, 0.15) is 46.5 Å². The standard InChI is InChI=1S/C18H26FN3O3/c1-12-7-17(2,3)11-18(8-12)15(24)22(16(25)20-18)10-14(23)21-6-4-5-13(19)9-21/h5,12H,4,6-11H2,1-3H3,(H,20,25). The van der Waals surface area contributed by atoms with Crippen molar-refractivity contribution in [3.63, 3.8) is 0 Å². The van der Waals surface area contributed by atoms with E-state index in [2.05, 4.69) is 26.1 Å². The summed E-state index contributed by atoms with van der Waals surface area (Å²) in [6.07, 6.45) is 4.06. The first-order chi connectivity index (χ1) is 11.6. The molecule has 2 fully saturated rings. The molecule has 25 heavy (non-hydrogen) atoms. The van der Waals surface area contributed by atoms with Crippen LogP contribution in [0.4, 0.5) is 9.18 Å². The molecule has 4 amide bonds. The molecular formula is C18H26FN3O3. The molecule has 3 rings (SSSR count). The van der Waals surface area contributed by atoms with Gasteiger partial charge in [0.15, 0.2) is 0 Å². The number of amides is 4. The van der Waals surface area contributed by atoms with Gasteiger partial charge in [0, 0.05) is 6.54 Å². The van der Waals surface area contributed by atoms with Crippen molar-refractivity contribution in [3.8, 4) is 0 Å². The summed E-state index contributed by atoms with van der Waals surface area (Å²) in [5.74, 6) is -0.758. The molecule has 138 valence electrons. The van der Waals surface area contributed by atoms with Gasteiger partial charge < -0.3 is 10.2 Å². The van der Waals surface area contributed by atoms with Crippen molar-refractivity contribution < 1.29 is 18.8 Å². The maximum Gasteiger partial charge on any atom is 0.325 e. The Morgan fingerprint density at radius 1 is 1.36 bits per heavy atom. The average molecular weight is 351 g/mol. The number of urea groups is 1. The molecule has 2 heterocycles. The molecule has 1 aliphatic carbocycles. The molecular weight excluding hydrogens is 325 g/mol. The molecule has 0 aromatic rings. The third-order valence-electron chi connectivity index (χ3n) is 5.38. The van der Waals surface area contributed by atoms with Crippen LogP contribution in [0.2, 0.25) is 0 Å². The summed E-state index contributed by atoms with van der Waals surface area (Å²) >= 11 is 0. The van der Waals surface area contributed by atoms with Gasteiger partial charge in [-0.3, -0.25) is 14.5 Å². The van der Waals surface area contributed by atoms with E-state index < -0.39 is 17.5 Å². The maximum atomic E-state index is 13.4. The highest BCUT2D eigenvalue weighted by atomic mass is 19.1. The van der Waals surface area contributed by atoms with Crippen LogP contribution in [-0.2, 0) is 9.59 Å². The molecule has 1 spiro atoms. The van der Waals surface area contributed by atoms with Crippen molar-refractivity contribution in [2.45, 2.75) is 52.0 Å². The smallest absolute Gasteiger partial charge is 0.325 e. The lowest BCUT2D eigenvalue weighted by Crippen LogP contribution is -2.54. The number of nitrogens with zero attached hydrogens (tertiary/aromatic N) is 2. The summed E-state index contributed by atoms with van der Waals surface area (Å²) < 4.78 is 13.4. The van der Waals surface area contributed by atoms with Crippen LogP contribution in [0.3, 0.4) is 0 Å². The number of carbonyl (C=O) groups is 3. The minimum Gasteiger partial charge on any atom is -0.334 e. The predicted octanol–water partition coefficient (Wildman–Crippen LogP) is 2.21. The van der Waals surface area contributed by atoms with Gasteiger partial charge >= 0.3 is 6.03 Å². The number of hydrogen-bond acceptors (Lipinski definition) is 3. The maximum absolute atomic E-state index is 13.4. The molecule has 6 nitrogen and oxygen atoms in total. The first-order valence-electron chi connectivity index (χ1n) is 8.88. The molecule has 7 heteroatoms. The van der Waals surface area contributed by atoms with E-state index >= 15 is 0 Å². The van der Waals surface area contributed by atoms with E-state index in [1.54, 1.807) is 0 Å². The zero-order chi connectivity index (χ0) is 18.4. The van der Waals surface area contributed by atoms with Gasteiger partial charge in [-0.25, -0.2) is 9.18 Å². The highest BCUT2D eigenvalue weighted by Crippen LogP contribution is 2.46. The van der Waals surface area contributed by atoms with Crippen LogP contribution in [-0.4, -0.2) is 52.8 Å². The van der Waals surface area contributed by atoms with Gasteiger partial charge in [0.05, 0.1) is 6.54 Å². The lowest BCUT2D eigenvalue weighted by Gasteiger charge is -2.43. The molecule has 0 bridgehead atoms. The molecule has 2 aliphatic heterocycles. The molecule has 2 unspecified atom stereocenters. The first kappa shape index (κ1) is 17.9. The molecule has 0 aromatic heterocycles. The van der Waals surface area contributed by atoms with Crippen LogP contribution in [0.25, 0.3) is 0 Å². The summed E-state index contributed by atoms with van der Waals surface area (Å²) in [4.78, 5) is 40.2. The van der Waals surface area contributed by atoms with E-state index in [0.717, 1.165) is 11.3 Å². The fourth-order valence-corrected chi connectivity index (χ4v) is 4.80. The monoisotopic (exact) mass is 351 g/mol. The molecule has 2 atom stereocenters. The minimum absolute atomic E-state index is 0.0541. The van der Waals surface area contributed by atoms with E-state index in [1.165, 1.54) is 11.0 Å². The number of carbonyl (C=O) groups excluding carboxylic acids is 3. The van der Waals surface area contributed by atoms with E-state index in [4.69, 9.17) is 0 Å². The normalized spacial score (nSPS) is 32.0. The minimum atomic E-state index is -0.911. The molecule has 1 saturated heterocycles. The lowest BCUT2D eigenvalue weighted by molar-refractivity contribution is -0.140. The highest BCUT2D eigenvalue weighted by molar-refractivity contribution is 6.09. The zero-order valence-corrected chi connectivity index (χ0v) is 15.1. The van der Waals surface area contributed by atoms with Crippen LogP contribution in [0.15, 0.2) is 11.9 Å². The van der Waals surface area contributed by atoms with Crippen LogP contribution in [0.5, 0.6) is 0 Å². The van der Waals surface area contributed by atoms with Gasteiger partial charge in [0.1, 0.15) is 17.9 Å². The fourth-order valence-electron chi connectivity index (χ4n) is 4.80. The number of halogens is 1. The summed E-state index contributed by atoms with van der Waals surface area (Å²) in [6, 6.07) is -0.517. The lowest BCUT2D eigenvalue weighted by atomic mass is 9.64. The van der Waals surface area contributed by atoms with Gasteiger partial charge in [0.2, 0.25) is 5.91 Å². The van der Waals surface area contributed by atoms with Crippen molar-refractivity contribution >= 4 is 17.8 Å². The van der Waals surface area contributed by atoms with E-state index in [9.17, 15) is 18.8 Å². The van der Waals surface area contributed by atoms with E-state index in [-0.39, 0.29) is 30.2 Å². The second-order valence-electron chi connectivity index (χ2n) is 8.51. The third-order valence-corrected chi connectivity index (χ3v) is 5.38. The van der Waals surface area contributed by atoms with E-state index in [0.29, 0.717) is 31.7 Å². The SMILES string of the molecule is CC1CC(C)(C)CC2(C1)NC(=O)N(CC(=O)N1CCC=C(F)C1)C2=O. The van der Waals surface area contributed by atoms with Crippen molar-refractivity contribution in [3.05, 3.63) is 11.9 Å². The predicted molar refractivity (Wildman–Crippen MR) is 90.2 cm³/mol. The Morgan fingerprint density at radius 2 is 2.08 bits per heavy atom. The Labute approximate surface area is 147 Å². The molecule has 0 radical (unpaired) electrons. The van der Waals surface area contributed by atoms with Crippen LogP contribution >= 0.6 is 0 Å². The quantitative estimate of drug-likeness (QED) is 0.776. The molecule has 0 aromatic carbocycles. The van der Waals surface area contributed by atoms with Crippen molar-refractivity contribution in [1.29, 1.82) is 0 Å². The van der Waals surface area contributed by atoms with Crippen LogP contribution in [0, 0.1) is 11.3 Å². The Hall–Kier alpha value is -1.92. The number of rotatable bonds is 2. The summed E-state index contributed by atoms with van der Waals surface area (Å²) in [5.41, 5.74) is -0.965. The molecule has 1 saturated carbocycles. The van der Waals surface area contributed by atoms with Gasteiger partial charge in [0.25, 0.3) is 5.91 Å². The largest absolute Gasteiger partial charge is 0.334 e. The molecule has 1 N–H and O–H groups in total. The van der Waals surface area contributed by atoms with Crippen molar-refractivity contribution in [2.75, 3.05) is 19.6 Å². The molecule has 3 aliphatic rings. The van der Waals surface area contributed by atoms with Gasteiger partial charge in [-0.1, -0.05) is 20.8 Å². The summed E-state index contributed by atoms with van der Waals surface area (Å²) in [7, 11) is 0. The third kappa shape index (κ3) is 3.41. The first-order valence-corrected chi connectivity index (χ1v) is 8.88. The van der Waals surface area contributed by atoms with Gasteiger partial charge in [-0.05, 0) is 43.1 Å². The van der Waals surface area contributed by atoms with Crippen LogP contribution < -0.4 is 5.32 Å². The fraction of sp³-hybridized carbons (Fsp3) is 0.722. The number of nitrogens with one attached hydrogen (secondary N) is 1. The van der Waals surface area contributed by atoms with Crippen molar-refractivity contribution in [1.82, 2.24) is 15.1 Å². The Morgan fingerprint density at radius 3 is 2.72 bits per heavy atom. The Balaban J connectivity index is 1.73. The average Bonchev–Trinajstić information content (AvgIpc) is 2.68. The number of hydrogen-bond donors (Lipinski definition) is 1. The zero-order valence-electron chi connectivity index (χ0n) is 15.1. The second kappa shape index (κ2) is 6.11. The van der Waals surface area contributed by atoms with Gasteiger partial charge in [-0.15, -0.1) is 0 Å². The van der Waals surface area contributed by atoms with Crippen molar-refractivity contribution in [2.24, 2.45) is 11.3 Å². The highest BCUT2D eigenvalue weighted by Gasteiger charge is 2.56. The summed E-state index contributed by atoms with van der Waals surface area (Å²) in [6.45, 7) is 6.27. The Bertz CT molecular complexity index is 645. The topological polar surface area (TPSA) is 69.7 Å².